The first-order valence-electron chi connectivity index (χ1n) is 10.2. The van der Waals surface area contributed by atoms with Gasteiger partial charge in [0, 0.05) is 50.3 Å². The molecular formula is C23H25N5O3. The summed E-state index contributed by atoms with van der Waals surface area (Å²) in [6.07, 6.45) is 4.99. The van der Waals surface area contributed by atoms with Gasteiger partial charge in [-0.1, -0.05) is 6.07 Å². The zero-order chi connectivity index (χ0) is 22.0. The van der Waals surface area contributed by atoms with Crippen molar-refractivity contribution in [2.24, 2.45) is 0 Å². The van der Waals surface area contributed by atoms with E-state index in [-0.39, 0.29) is 29.3 Å². The molecule has 1 N–H and O–H groups in total. The lowest BCUT2D eigenvalue weighted by molar-refractivity contribution is 0.0743. The van der Waals surface area contributed by atoms with Crippen LogP contribution < -0.4 is 10.5 Å². The minimum atomic E-state index is -0.317. The third-order valence-electron chi connectivity index (χ3n) is 5.52. The predicted molar refractivity (Wildman–Crippen MR) is 118 cm³/mol. The Morgan fingerprint density at radius 1 is 1.06 bits per heavy atom. The highest BCUT2D eigenvalue weighted by Gasteiger charge is 2.26. The Hall–Kier alpha value is -3.68. The van der Waals surface area contributed by atoms with Crippen LogP contribution in [0.3, 0.4) is 0 Å². The van der Waals surface area contributed by atoms with E-state index in [4.69, 9.17) is 0 Å². The number of aromatic nitrogens is 3. The minimum Gasteiger partial charge on any atom is -0.508 e. The number of amides is 1. The number of anilines is 1. The van der Waals surface area contributed by atoms with Crippen molar-refractivity contribution in [3.8, 4) is 5.75 Å². The normalized spacial score (nSPS) is 14.0. The molecule has 1 saturated heterocycles. The van der Waals surface area contributed by atoms with E-state index in [1.807, 2.05) is 13.0 Å². The van der Waals surface area contributed by atoms with Gasteiger partial charge in [0.15, 0.2) is 0 Å². The number of nitrogens with zero attached hydrogens (tertiary/aromatic N) is 5. The van der Waals surface area contributed by atoms with Gasteiger partial charge in [-0.25, -0.2) is 0 Å². The first-order chi connectivity index (χ1) is 14.9. The van der Waals surface area contributed by atoms with Crippen molar-refractivity contribution in [2.45, 2.75) is 20.4 Å². The molecule has 0 atom stereocenters. The highest BCUT2D eigenvalue weighted by Crippen LogP contribution is 2.21. The molecule has 8 nitrogen and oxygen atoms in total. The average molecular weight is 419 g/mol. The maximum absolute atomic E-state index is 13.2. The Labute approximate surface area is 180 Å². The van der Waals surface area contributed by atoms with Crippen molar-refractivity contribution in [3.05, 3.63) is 81.8 Å². The number of pyridine rings is 1. The number of phenols is 1. The van der Waals surface area contributed by atoms with Crippen LogP contribution in [0.2, 0.25) is 0 Å². The fourth-order valence-corrected chi connectivity index (χ4v) is 3.74. The maximum Gasteiger partial charge on any atom is 0.264 e. The zero-order valence-electron chi connectivity index (χ0n) is 17.7. The second-order valence-corrected chi connectivity index (χ2v) is 7.76. The molecule has 0 aliphatic carbocycles. The maximum atomic E-state index is 13.2. The number of carbonyl (C=O) groups excluding carboxylic acids is 1. The Morgan fingerprint density at radius 2 is 1.84 bits per heavy atom. The molecule has 1 amide bonds. The molecule has 8 heteroatoms. The third kappa shape index (κ3) is 4.42. The number of hydrogen-bond acceptors (Lipinski definition) is 6. The summed E-state index contributed by atoms with van der Waals surface area (Å²) in [6, 6.07) is 8.88. The van der Waals surface area contributed by atoms with Crippen molar-refractivity contribution in [1.82, 2.24) is 19.4 Å². The van der Waals surface area contributed by atoms with Crippen molar-refractivity contribution >= 4 is 11.6 Å². The first kappa shape index (κ1) is 20.6. The lowest BCUT2D eigenvalue weighted by Crippen LogP contribution is -2.50. The molecule has 31 heavy (non-hydrogen) atoms. The number of aromatic hydroxyl groups is 1. The van der Waals surface area contributed by atoms with Gasteiger partial charge in [0.1, 0.15) is 11.3 Å². The molecule has 0 spiro atoms. The third-order valence-corrected chi connectivity index (χ3v) is 5.52. The van der Waals surface area contributed by atoms with Crippen LogP contribution in [0.5, 0.6) is 5.75 Å². The molecule has 0 bridgehead atoms. The summed E-state index contributed by atoms with van der Waals surface area (Å²) in [5.74, 6) is -0.0304. The molecule has 4 rings (SSSR count). The number of piperazine rings is 1. The van der Waals surface area contributed by atoms with Crippen molar-refractivity contribution in [2.75, 3.05) is 31.1 Å². The molecule has 1 fully saturated rings. The van der Waals surface area contributed by atoms with Gasteiger partial charge in [0.05, 0.1) is 24.1 Å². The second kappa shape index (κ2) is 8.59. The number of aryl methyl sites for hydroxylation is 2. The Bertz CT molecular complexity index is 1150. The molecule has 1 aromatic carbocycles. The predicted octanol–water partition coefficient (Wildman–Crippen LogP) is 1.97. The minimum absolute atomic E-state index is 0.202. The van der Waals surface area contributed by atoms with Gasteiger partial charge >= 0.3 is 0 Å². The summed E-state index contributed by atoms with van der Waals surface area (Å²) in [7, 11) is 0. The van der Waals surface area contributed by atoms with E-state index in [1.165, 1.54) is 4.57 Å². The number of carbonyl (C=O) groups is 1. The summed E-state index contributed by atoms with van der Waals surface area (Å²) in [5.41, 5.74) is 2.94. The first-order valence-corrected chi connectivity index (χ1v) is 10.2. The van der Waals surface area contributed by atoms with Gasteiger partial charge in [0.25, 0.3) is 11.5 Å². The van der Waals surface area contributed by atoms with Crippen LogP contribution >= 0.6 is 0 Å². The number of hydrogen-bond donors (Lipinski definition) is 1. The Balaban J connectivity index is 1.51. The highest BCUT2D eigenvalue weighted by atomic mass is 16.3. The molecule has 2 aromatic heterocycles. The van der Waals surface area contributed by atoms with Crippen LogP contribution in [0, 0.1) is 13.8 Å². The average Bonchev–Trinajstić information content (AvgIpc) is 2.77. The quantitative estimate of drug-likeness (QED) is 0.695. The van der Waals surface area contributed by atoms with Gasteiger partial charge in [-0.3, -0.25) is 19.6 Å². The lowest BCUT2D eigenvalue weighted by atomic mass is 10.1. The summed E-state index contributed by atoms with van der Waals surface area (Å²) in [6.45, 7) is 6.18. The van der Waals surface area contributed by atoms with Crippen molar-refractivity contribution < 1.29 is 9.90 Å². The van der Waals surface area contributed by atoms with Crippen molar-refractivity contribution in [1.29, 1.82) is 0 Å². The summed E-state index contributed by atoms with van der Waals surface area (Å²) < 4.78 is 1.50. The van der Waals surface area contributed by atoms with E-state index >= 15 is 0 Å². The summed E-state index contributed by atoms with van der Waals surface area (Å²) in [4.78, 5) is 38.7. The van der Waals surface area contributed by atoms with E-state index in [1.54, 1.807) is 54.7 Å². The van der Waals surface area contributed by atoms with Crippen molar-refractivity contribution in [3.63, 3.8) is 0 Å². The van der Waals surface area contributed by atoms with Gasteiger partial charge in [-0.2, -0.15) is 0 Å². The smallest absolute Gasteiger partial charge is 0.264 e. The van der Waals surface area contributed by atoms with E-state index in [2.05, 4.69) is 14.9 Å². The topological polar surface area (TPSA) is 91.6 Å². The van der Waals surface area contributed by atoms with Gasteiger partial charge < -0.3 is 19.5 Å². The molecular weight excluding hydrogens is 394 g/mol. The lowest BCUT2D eigenvalue weighted by Gasteiger charge is -2.36. The van der Waals surface area contributed by atoms with Crippen LogP contribution in [0.25, 0.3) is 0 Å². The Kier molecular flexibility index (Phi) is 5.70. The molecule has 0 radical (unpaired) electrons. The molecule has 1 aliphatic rings. The van der Waals surface area contributed by atoms with Crippen LogP contribution in [-0.4, -0.2) is 56.6 Å². The molecule has 0 saturated carbocycles. The molecule has 3 heterocycles. The van der Waals surface area contributed by atoms with Crippen LogP contribution in [0.15, 0.2) is 53.7 Å². The number of phenolic OH excluding ortho intramolecular Hbond substituents is 1. The zero-order valence-corrected chi connectivity index (χ0v) is 17.7. The molecule has 160 valence electrons. The van der Waals surface area contributed by atoms with E-state index in [9.17, 15) is 14.7 Å². The number of rotatable bonds is 4. The van der Waals surface area contributed by atoms with Gasteiger partial charge in [0.2, 0.25) is 0 Å². The molecule has 0 unspecified atom stereocenters. The standard InChI is InChI=1S/C23H25N5O3/c1-16-6-7-28(15-18-14-24-17(2)13-25-18)23(31)21(16)22(30)27-10-8-26(9-11-27)19-4-3-5-20(29)12-19/h3-7,12-14,29H,8-11,15H2,1-2H3. The fraction of sp³-hybridized carbons (Fsp3) is 0.304. The van der Waals surface area contributed by atoms with Crippen LogP contribution in [-0.2, 0) is 6.54 Å². The summed E-state index contributed by atoms with van der Waals surface area (Å²) in [5, 5.41) is 9.70. The largest absolute Gasteiger partial charge is 0.508 e. The SMILES string of the molecule is Cc1cnc(Cn2ccc(C)c(C(=O)N3CCN(c4cccc(O)c4)CC3)c2=O)cn1. The monoisotopic (exact) mass is 419 g/mol. The molecule has 3 aromatic rings. The Morgan fingerprint density at radius 3 is 2.52 bits per heavy atom. The van der Waals surface area contributed by atoms with E-state index in [0.29, 0.717) is 37.4 Å². The van der Waals surface area contributed by atoms with Crippen LogP contribution in [0.4, 0.5) is 5.69 Å². The van der Waals surface area contributed by atoms with E-state index in [0.717, 1.165) is 11.4 Å². The second-order valence-electron chi connectivity index (χ2n) is 7.76. The molecule has 1 aliphatic heterocycles. The highest BCUT2D eigenvalue weighted by molar-refractivity contribution is 5.95. The summed E-state index contributed by atoms with van der Waals surface area (Å²) >= 11 is 0. The van der Waals surface area contributed by atoms with E-state index < -0.39 is 0 Å². The van der Waals surface area contributed by atoms with Gasteiger partial charge in [-0.05, 0) is 37.6 Å². The number of benzene rings is 1. The van der Waals surface area contributed by atoms with Gasteiger partial charge in [-0.15, -0.1) is 0 Å². The fourth-order valence-electron chi connectivity index (χ4n) is 3.74. The van der Waals surface area contributed by atoms with Crippen LogP contribution in [0.1, 0.15) is 27.3 Å².